The average Bonchev–Trinajstić information content (AvgIpc) is 3.15. The third-order valence-electron chi connectivity index (χ3n) is 3.72. The lowest BCUT2D eigenvalue weighted by Crippen LogP contribution is -2.28. The van der Waals surface area contributed by atoms with Gasteiger partial charge in [0.1, 0.15) is 5.69 Å². The summed E-state index contributed by atoms with van der Waals surface area (Å²) in [5.74, 6) is -0.300. The Labute approximate surface area is 150 Å². The first kappa shape index (κ1) is 17.2. The molecule has 130 valence electrons. The van der Waals surface area contributed by atoms with E-state index in [-0.39, 0.29) is 17.7 Å². The molecular formula is C17H19N5O2S. The van der Waals surface area contributed by atoms with Gasteiger partial charge in [0.15, 0.2) is 0 Å². The van der Waals surface area contributed by atoms with Gasteiger partial charge >= 0.3 is 0 Å². The third-order valence-corrected chi connectivity index (χ3v) is 4.61. The molecule has 0 saturated carbocycles. The Kier molecular flexibility index (Phi) is 4.89. The van der Waals surface area contributed by atoms with E-state index in [9.17, 15) is 9.59 Å². The van der Waals surface area contributed by atoms with Crippen LogP contribution in [0.3, 0.4) is 0 Å². The predicted molar refractivity (Wildman–Crippen MR) is 96.0 cm³/mol. The summed E-state index contributed by atoms with van der Waals surface area (Å²) in [4.78, 5) is 27.8. The van der Waals surface area contributed by atoms with Crippen LogP contribution in [0.25, 0.3) is 5.69 Å². The minimum atomic E-state index is -0.300. The molecule has 0 bridgehead atoms. The van der Waals surface area contributed by atoms with Gasteiger partial charge in [-0.3, -0.25) is 14.5 Å². The summed E-state index contributed by atoms with van der Waals surface area (Å²) < 4.78 is 1.64. The molecule has 7 nitrogen and oxygen atoms in total. The van der Waals surface area contributed by atoms with Crippen LogP contribution < -0.4 is 0 Å². The lowest BCUT2D eigenvalue weighted by atomic mass is 10.1. The summed E-state index contributed by atoms with van der Waals surface area (Å²) in [6.45, 7) is 2.21. The smallest absolute Gasteiger partial charge is 0.293 e. The molecule has 0 aliphatic carbocycles. The molecule has 0 unspecified atom stereocenters. The Morgan fingerprint density at radius 1 is 1.20 bits per heavy atom. The van der Waals surface area contributed by atoms with Crippen molar-refractivity contribution < 1.29 is 9.59 Å². The van der Waals surface area contributed by atoms with Gasteiger partial charge in [0.25, 0.3) is 11.1 Å². The minimum Gasteiger partial charge on any atom is -0.382 e. The molecule has 2 heterocycles. The Morgan fingerprint density at radius 3 is 2.56 bits per heavy atom. The number of aryl methyl sites for hydroxylation is 1. The summed E-state index contributed by atoms with van der Waals surface area (Å²) in [6.07, 6.45) is 4.36. The summed E-state index contributed by atoms with van der Waals surface area (Å²) in [5.41, 5.74) is 2.69. The van der Waals surface area contributed by atoms with Gasteiger partial charge in [-0.25, -0.2) is 4.68 Å². The molecule has 1 aliphatic rings. The van der Waals surface area contributed by atoms with E-state index in [0.29, 0.717) is 10.6 Å². The van der Waals surface area contributed by atoms with Crippen molar-refractivity contribution >= 4 is 22.9 Å². The quantitative estimate of drug-likeness (QED) is 0.766. The van der Waals surface area contributed by atoms with Gasteiger partial charge in [-0.15, -0.1) is 5.10 Å². The van der Waals surface area contributed by atoms with E-state index in [0.717, 1.165) is 23.9 Å². The zero-order chi connectivity index (χ0) is 18.0. The maximum absolute atomic E-state index is 12.3. The predicted octanol–water partition coefficient (Wildman–Crippen LogP) is 2.43. The van der Waals surface area contributed by atoms with Gasteiger partial charge in [-0.2, -0.15) is 0 Å². The Morgan fingerprint density at radius 2 is 1.92 bits per heavy atom. The second-order valence-electron chi connectivity index (χ2n) is 5.89. The van der Waals surface area contributed by atoms with Crippen LogP contribution in [0, 0.1) is 0 Å². The highest BCUT2D eigenvalue weighted by molar-refractivity contribution is 8.18. The van der Waals surface area contributed by atoms with Gasteiger partial charge in [-0.1, -0.05) is 24.3 Å². The summed E-state index contributed by atoms with van der Waals surface area (Å²) in [6, 6.07) is 8.02. The molecule has 3 rings (SSSR count). The number of benzene rings is 1. The zero-order valence-corrected chi connectivity index (χ0v) is 15.2. The maximum atomic E-state index is 12.3. The van der Waals surface area contributed by atoms with E-state index in [1.807, 2.05) is 38.4 Å². The van der Waals surface area contributed by atoms with Crippen LogP contribution in [0.1, 0.15) is 18.2 Å². The average molecular weight is 357 g/mol. The number of carbonyl (C=O) groups excluding carboxylic acids is 2. The fourth-order valence-electron chi connectivity index (χ4n) is 2.40. The molecule has 1 saturated heterocycles. The molecule has 0 spiro atoms. The molecule has 0 radical (unpaired) electrons. The van der Waals surface area contributed by atoms with E-state index in [2.05, 4.69) is 17.2 Å². The Bertz CT molecular complexity index is 826. The van der Waals surface area contributed by atoms with Crippen molar-refractivity contribution in [3.05, 3.63) is 52.8 Å². The fourth-order valence-corrected chi connectivity index (χ4v) is 3.31. The van der Waals surface area contributed by atoms with Gasteiger partial charge in [0.05, 0.1) is 23.3 Å². The molecule has 1 aliphatic heterocycles. The van der Waals surface area contributed by atoms with Crippen LogP contribution in [-0.4, -0.2) is 50.0 Å². The van der Waals surface area contributed by atoms with Crippen molar-refractivity contribution in [2.45, 2.75) is 19.9 Å². The number of amides is 2. The highest BCUT2D eigenvalue weighted by Gasteiger charge is 2.35. The van der Waals surface area contributed by atoms with Crippen molar-refractivity contribution in [1.82, 2.24) is 24.8 Å². The fraction of sp³-hybridized carbons (Fsp3) is 0.294. The van der Waals surface area contributed by atoms with Crippen LogP contribution in [0.15, 0.2) is 41.6 Å². The highest BCUT2D eigenvalue weighted by Crippen LogP contribution is 2.31. The highest BCUT2D eigenvalue weighted by atomic mass is 32.2. The molecule has 1 aromatic carbocycles. The molecule has 25 heavy (non-hydrogen) atoms. The number of hydrogen-bond acceptors (Lipinski definition) is 6. The lowest BCUT2D eigenvalue weighted by Gasteiger charge is -2.10. The van der Waals surface area contributed by atoms with Crippen molar-refractivity contribution in [2.75, 3.05) is 14.1 Å². The molecule has 0 N–H and O–H groups in total. The van der Waals surface area contributed by atoms with Crippen molar-refractivity contribution in [2.24, 2.45) is 0 Å². The normalized spacial score (nSPS) is 16.1. The molecule has 2 amide bonds. The van der Waals surface area contributed by atoms with E-state index in [4.69, 9.17) is 0 Å². The topological polar surface area (TPSA) is 71.3 Å². The zero-order valence-electron chi connectivity index (χ0n) is 14.3. The molecule has 1 aromatic heterocycles. The van der Waals surface area contributed by atoms with Gasteiger partial charge in [0.2, 0.25) is 0 Å². The number of aromatic nitrogens is 3. The summed E-state index contributed by atoms with van der Waals surface area (Å²) in [5, 5.41) is 7.88. The molecule has 1 fully saturated rings. The first-order valence-corrected chi connectivity index (χ1v) is 8.72. The molecule has 8 heteroatoms. The van der Waals surface area contributed by atoms with Crippen LogP contribution in [0.2, 0.25) is 0 Å². The number of thioether (sulfide) groups is 1. The Hall–Kier alpha value is -2.61. The second kappa shape index (κ2) is 7.10. The van der Waals surface area contributed by atoms with Crippen molar-refractivity contribution in [1.29, 1.82) is 0 Å². The number of rotatable bonds is 5. The van der Waals surface area contributed by atoms with E-state index in [1.54, 1.807) is 22.0 Å². The van der Waals surface area contributed by atoms with Gasteiger partial charge in [-0.05, 0) is 35.9 Å². The van der Waals surface area contributed by atoms with Crippen LogP contribution in [0.4, 0.5) is 4.79 Å². The number of imide groups is 1. The van der Waals surface area contributed by atoms with Crippen molar-refractivity contribution in [3.8, 4) is 5.69 Å². The third kappa shape index (κ3) is 3.74. The first-order valence-electron chi connectivity index (χ1n) is 7.90. The van der Waals surface area contributed by atoms with Crippen LogP contribution >= 0.6 is 11.8 Å². The van der Waals surface area contributed by atoms with Crippen LogP contribution in [0.5, 0.6) is 0 Å². The van der Waals surface area contributed by atoms with E-state index < -0.39 is 0 Å². The standard InChI is InChI=1S/C17H19N5O2S/c1-4-12-5-7-14(8-6-12)22-10-13(18-19-22)9-21-16(23)15(11-20(2)3)25-17(21)24/h5-8,10-11H,4,9H2,1-3H3/b15-11-. The lowest BCUT2D eigenvalue weighted by molar-refractivity contribution is -0.123. The summed E-state index contributed by atoms with van der Waals surface area (Å²) >= 11 is 0.939. The number of hydrogen-bond donors (Lipinski definition) is 0. The van der Waals surface area contributed by atoms with E-state index >= 15 is 0 Å². The second-order valence-corrected chi connectivity index (χ2v) is 6.88. The molecular weight excluding hydrogens is 338 g/mol. The van der Waals surface area contributed by atoms with Gasteiger partial charge in [0, 0.05) is 20.3 Å². The van der Waals surface area contributed by atoms with Crippen molar-refractivity contribution in [3.63, 3.8) is 0 Å². The maximum Gasteiger partial charge on any atom is 0.293 e. The van der Waals surface area contributed by atoms with Crippen LogP contribution in [-0.2, 0) is 17.8 Å². The van der Waals surface area contributed by atoms with E-state index in [1.165, 1.54) is 10.5 Å². The monoisotopic (exact) mass is 357 g/mol. The number of carbonyl (C=O) groups is 2. The largest absolute Gasteiger partial charge is 0.382 e. The first-order chi connectivity index (χ1) is 12.0. The molecule has 2 aromatic rings. The SMILES string of the molecule is CCc1ccc(-n2cc(CN3C(=O)S/C(=C\N(C)C)C3=O)nn2)cc1. The summed E-state index contributed by atoms with van der Waals surface area (Å²) in [7, 11) is 3.62. The Balaban J connectivity index is 1.75. The number of nitrogens with zero attached hydrogens (tertiary/aromatic N) is 5. The van der Waals surface area contributed by atoms with Gasteiger partial charge < -0.3 is 4.90 Å². The minimum absolute atomic E-state index is 0.114. The molecule has 0 atom stereocenters.